The van der Waals surface area contributed by atoms with Crippen molar-refractivity contribution < 1.29 is 9.32 Å². The second-order valence-corrected chi connectivity index (χ2v) is 6.05. The Kier molecular flexibility index (Phi) is 6.07. The molecule has 1 atom stereocenters. The summed E-state index contributed by atoms with van der Waals surface area (Å²) in [5, 5.41) is 12.5. The Labute approximate surface area is 136 Å². The third kappa shape index (κ3) is 5.01. The fourth-order valence-electron chi connectivity index (χ4n) is 2.73. The first-order valence-corrected chi connectivity index (χ1v) is 7.82. The third-order valence-corrected chi connectivity index (χ3v) is 4.17. The zero-order valence-corrected chi connectivity index (χ0v) is 14.0. The van der Waals surface area contributed by atoms with Crippen LogP contribution in [0, 0.1) is 18.3 Å². The van der Waals surface area contributed by atoms with Gasteiger partial charge >= 0.3 is 0 Å². The van der Waals surface area contributed by atoms with Gasteiger partial charge in [0.25, 0.3) is 0 Å². The monoisotopic (exact) mass is 320 g/mol. The van der Waals surface area contributed by atoms with E-state index in [1.165, 1.54) is 0 Å². The first-order valence-electron chi connectivity index (χ1n) is 7.82. The fraction of sp³-hybridized carbons (Fsp3) is 0.733. The van der Waals surface area contributed by atoms with Crippen LogP contribution in [0.4, 0.5) is 0 Å². The number of carbonyl (C=O) groups excluding carboxylic acids is 1. The van der Waals surface area contributed by atoms with E-state index in [0.29, 0.717) is 43.8 Å². The molecule has 0 aliphatic carbocycles. The van der Waals surface area contributed by atoms with Gasteiger partial charge in [-0.3, -0.25) is 14.6 Å². The number of likely N-dealkylation sites (tertiary alicyclic amines) is 1. The first-order chi connectivity index (χ1) is 11.0. The van der Waals surface area contributed by atoms with Gasteiger partial charge in [0.1, 0.15) is 0 Å². The molecule has 0 spiro atoms. The molecular formula is C15H24N6O2. The summed E-state index contributed by atoms with van der Waals surface area (Å²) in [6, 6.07) is 2.44. The molecule has 1 aliphatic rings. The van der Waals surface area contributed by atoms with Gasteiger partial charge in [0.05, 0.1) is 25.6 Å². The Morgan fingerprint density at radius 1 is 1.52 bits per heavy atom. The molecular weight excluding hydrogens is 296 g/mol. The van der Waals surface area contributed by atoms with E-state index in [9.17, 15) is 4.79 Å². The van der Waals surface area contributed by atoms with Crippen LogP contribution in [0.3, 0.4) is 0 Å². The van der Waals surface area contributed by atoms with Crippen LogP contribution in [-0.2, 0) is 11.3 Å². The summed E-state index contributed by atoms with van der Waals surface area (Å²) in [5.41, 5.74) is 0. The van der Waals surface area contributed by atoms with Crippen molar-refractivity contribution in [2.75, 3.05) is 40.3 Å². The lowest BCUT2D eigenvalue weighted by Gasteiger charge is -2.24. The van der Waals surface area contributed by atoms with Crippen LogP contribution in [0.5, 0.6) is 0 Å². The maximum atomic E-state index is 12.1. The molecule has 8 nitrogen and oxygen atoms in total. The third-order valence-electron chi connectivity index (χ3n) is 4.17. The van der Waals surface area contributed by atoms with Crippen molar-refractivity contribution >= 4 is 5.91 Å². The topological polar surface area (TPSA) is 89.5 Å². The summed E-state index contributed by atoms with van der Waals surface area (Å²) in [5.74, 6) is 1.33. The minimum absolute atomic E-state index is 0.0670. The number of hydrogen-bond acceptors (Lipinski definition) is 7. The smallest absolute Gasteiger partial charge is 0.236 e. The van der Waals surface area contributed by atoms with E-state index < -0.39 is 0 Å². The SMILES string of the molecule is Cc1nc(CN(C)C2CCN(CC(=O)N(C)CCC#N)C2)no1. The lowest BCUT2D eigenvalue weighted by atomic mass is 10.2. The molecule has 0 aromatic carbocycles. The highest BCUT2D eigenvalue weighted by atomic mass is 16.5. The molecule has 0 bridgehead atoms. The first kappa shape index (κ1) is 17.4. The Bertz CT molecular complexity index is 567. The molecule has 1 amide bonds. The van der Waals surface area contributed by atoms with Gasteiger partial charge < -0.3 is 9.42 Å². The predicted molar refractivity (Wildman–Crippen MR) is 83.2 cm³/mol. The highest BCUT2D eigenvalue weighted by Gasteiger charge is 2.28. The second kappa shape index (κ2) is 8.04. The van der Waals surface area contributed by atoms with E-state index in [1.807, 2.05) is 7.05 Å². The van der Waals surface area contributed by atoms with Crippen molar-refractivity contribution in [2.45, 2.75) is 32.4 Å². The standard InChI is InChI=1S/C15H24N6O2/c1-12-17-14(18-23-12)10-20(3)13-5-8-21(9-13)11-15(22)19(2)7-4-6-16/h13H,4-5,7-11H2,1-3H3. The molecule has 1 aromatic heterocycles. The van der Waals surface area contributed by atoms with Crippen molar-refractivity contribution in [1.29, 1.82) is 5.26 Å². The Morgan fingerprint density at radius 2 is 2.30 bits per heavy atom. The van der Waals surface area contributed by atoms with Crippen molar-refractivity contribution in [1.82, 2.24) is 24.8 Å². The summed E-state index contributed by atoms with van der Waals surface area (Å²) < 4.78 is 4.99. The summed E-state index contributed by atoms with van der Waals surface area (Å²) >= 11 is 0. The van der Waals surface area contributed by atoms with E-state index >= 15 is 0 Å². The van der Waals surface area contributed by atoms with Crippen molar-refractivity contribution in [3.8, 4) is 6.07 Å². The molecule has 1 saturated heterocycles. The lowest BCUT2D eigenvalue weighted by Crippen LogP contribution is -2.40. The molecule has 23 heavy (non-hydrogen) atoms. The number of likely N-dealkylation sites (N-methyl/N-ethyl adjacent to an activating group) is 2. The number of aromatic nitrogens is 2. The largest absolute Gasteiger partial charge is 0.344 e. The van der Waals surface area contributed by atoms with Gasteiger partial charge in [0.15, 0.2) is 5.82 Å². The Balaban J connectivity index is 1.77. The normalized spacial score (nSPS) is 18.3. The molecule has 0 radical (unpaired) electrons. The Morgan fingerprint density at radius 3 is 2.96 bits per heavy atom. The maximum absolute atomic E-state index is 12.1. The van der Waals surface area contributed by atoms with Crippen molar-refractivity contribution in [2.24, 2.45) is 0 Å². The van der Waals surface area contributed by atoms with E-state index in [0.717, 1.165) is 19.5 Å². The van der Waals surface area contributed by atoms with E-state index in [-0.39, 0.29) is 5.91 Å². The minimum Gasteiger partial charge on any atom is -0.344 e. The molecule has 8 heteroatoms. The highest BCUT2D eigenvalue weighted by molar-refractivity contribution is 5.78. The average molecular weight is 320 g/mol. The van der Waals surface area contributed by atoms with E-state index in [2.05, 4.69) is 26.0 Å². The number of amides is 1. The molecule has 0 N–H and O–H groups in total. The number of rotatable bonds is 7. The summed E-state index contributed by atoms with van der Waals surface area (Å²) in [6.45, 7) is 5.08. The zero-order valence-electron chi connectivity index (χ0n) is 14.0. The number of aryl methyl sites for hydroxylation is 1. The van der Waals surface area contributed by atoms with Gasteiger partial charge in [0.2, 0.25) is 11.8 Å². The second-order valence-electron chi connectivity index (χ2n) is 6.05. The highest BCUT2D eigenvalue weighted by Crippen LogP contribution is 2.16. The van der Waals surface area contributed by atoms with Gasteiger partial charge in [-0.25, -0.2) is 0 Å². The van der Waals surface area contributed by atoms with Gasteiger partial charge in [-0.2, -0.15) is 10.2 Å². The molecule has 2 heterocycles. The molecule has 0 saturated carbocycles. The zero-order chi connectivity index (χ0) is 16.8. The average Bonchev–Trinajstić information content (AvgIpc) is 3.14. The molecule has 1 aromatic rings. The molecule has 1 fully saturated rings. The minimum atomic E-state index is 0.0670. The van der Waals surface area contributed by atoms with Crippen LogP contribution in [-0.4, -0.2) is 77.1 Å². The van der Waals surface area contributed by atoms with Gasteiger partial charge in [-0.1, -0.05) is 5.16 Å². The maximum Gasteiger partial charge on any atom is 0.236 e. The van der Waals surface area contributed by atoms with E-state index in [4.69, 9.17) is 9.78 Å². The summed E-state index contributed by atoms with van der Waals surface area (Å²) in [4.78, 5) is 22.3. The van der Waals surface area contributed by atoms with Gasteiger partial charge in [0, 0.05) is 39.6 Å². The molecule has 2 rings (SSSR count). The van der Waals surface area contributed by atoms with Crippen molar-refractivity contribution in [3.63, 3.8) is 0 Å². The summed E-state index contributed by atoms with van der Waals surface area (Å²) in [6.07, 6.45) is 1.39. The van der Waals surface area contributed by atoms with Crippen LogP contribution in [0.1, 0.15) is 24.6 Å². The van der Waals surface area contributed by atoms with E-state index in [1.54, 1.807) is 18.9 Å². The van der Waals surface area contributed by atoms with Crippen LogP contribution in [0.2, 0.25) is 0 Å². The number of nitrogens with zero attached hydrogens (tertiary/aromatic N) is 6. The van der Waals surface area contributed by atoms with Gasteiger partial charge in [-0.05, 0) is 13.5 Å². The van der Waals surface area contributed by atoms with Gasteiger partial charge in [-0.15, -0.1) is 0 Å². The predicted octanol–water partition coefficient (Wildman–Crippen LogP) is 0.256. The Hall–Kier alpha value is -1.98. The van der Waals surface area contributed by atoms with Crippen molar-refractivity contribution in [3.05, 3.63) is 11.7 Å². The quantitative estimate of drug-likeness (QED) is 0.711. The van der Waals surface area contributed by atoms with Crippen LogP contribution in [0.15, 0.2) is 4.52 Å². The molecule has 1 unspecified atom stereocenters. The van der Waals surface area contributed by atoms with Crippen LogP contribution >= 0.6 is 0 Å². The van der Waals surface area contributed by atoms with Crippen LogP contribution in [0.25, 0.3) is 0 Å². The number of nitriles is 1. The van der Waals surface area contributed by atoms with Crippen LogP contribution < -0.4 is 0 Å². The number of carbonyl (C=O) groups is 1. The fourth-order valence-corrected chi connectivity index (χ4v) is 2.73. The molecule has 126 valence electrons. The lowest BCUT2D eigenvalue weighted by molar-refractivity contribution is -0.130. The summed E-state index contributed by atoms with van der Waals surface area (Å²) in [7, 11) is 3.79. The molecule has 1 aliphatic heterocycles. The number of hydrogen-bond donors (Lipinski definition) is 0.